The van der Waals surface area contributed by atoms with Gasteiger partial charge >= 0.3 is 0 Å². The van der Waals surface area contributed by atoms with Crippen LogP contribution < -0.4 is 5.56 Å². The van der Waals surface area contributed by atoms with Gasteiger partial charge in [-0.15, -0.1) is 0 Å². The summed E-state index contributed by atoms with van der Waals surface area (Å²) in [6.07, 6.45) is -2.86. The number of H-pyrrole nitrogens is 1. The third-order valence-corrected chi connectivity index (χ3v) is 1.68. The van der Waals surface area contributed by atoms with E-state index in [0.717, 1.165) is 0 Å². The Kier molecular flexibility index (Phi) is 2.77. The molecule has 3 nitrogen and oxygen atoms in total. The molecule has 0 atom stereocenters. The van der Waals surface area contributed by atoms with Gasteiger partial charge in [0.1, 0.15) is 0 Å². The number of rotatable bonds is 2. The van der Waals surface area contributed by atoms with Crippen LogP contribution in [0.1, 0.15) is 23.2 Å². The number of hydrogen-bond donors (Lipinski definition) is 2. The zero-order valence-corrected chi connectivity index (χ0v) is 6.97. The van der Waals surface area contributed by atoms with E-state index in [1.54, 1.807) is 6.92 Å². The Labute approximate surface area is 73.0 Å². The van der Waals surface area contributed by atoms with Crippen LogP contribution >= 0.6 is 0 Å². The quantitative estimate of drug-likeness (QED) is 0.732. The standard InChI is InChI=1S/C8H9F2NO2/c1-4-2-5(3-12)6(7(9)10)8(13)11-4/h2,7,12H,3H2,1H3,(H,11,13). The van der Waals surface area contributed by atoms with E-state index in [2.05, 4.69) is 4.98 Å². The van der Waals surface area contributed by atoms with Crippen LogP contribution in [0.5, 0.6) is 0 Å². The van der Waals surface area contributed by atoms with Crippen molar-refractivity contribution in [3.63, 3.8) is 0 Å². The molecule has 0 aliphatic carbocycles. The summed E-state index contributed by atoms with van der Waals surface area (Å²) in [5.74, 6) is 0. The smallest absolute Gasteiger partial charge is 0.269 e. The van der Waals surface area contributed by atoms with Crippen molar-refractivity contribution in [1.82, 2.24) is 4.98 Å². The molecule has 5 heteroatoms. The Bertz CT molecular complexity index is 360. The van der Waals surface area contributed by atoms with Crippen molar-refractivity contribution in [3.8, 4) is 0 Å². The lowest BCUT2D eigenvalue weighted by atomic mass is 10.1. The molecule has 1 rings (SSSR count). The Morgan fingerprint density at radius 3 is 2.69 bits per heavy atom. The van der Waals surface area contributed by atoms with E-state index >= 15 is 0 Å². The summed E-state index contributed by atoms with van der Waals surface area (Å²) in [4.78, 5) is 13.3. The van der Waals surface area contributed by atoms with E-state index in [-0.39, 0.29) is 5.56 Å². The lowest BCUT2D eigenvalue weighted by Gasteiger charge is -2.05. The molecule has 1 aromatic rings. The van der Waals surface area contributed by atoms with Crippen LogP contribution in [0.25, 0.3) is 0 Å². The highest BCUT2D eigenvalue weighted by atomic mass is 19.3. The molecule has 0 fully saturated rings. The molecular formula is C8H9F2NO2. The lowest BCUT2D eigenvalue weighted by Crippen LogP contribution is -2.17. The number of pyridine rings is 1. The number of aliphatic hydroxyl groups is 1. The first-order valence-electron chi connectivity index (χ1n) is 3.68. The molecule has 72 valence electrons. The summed E-state index contributed by atoms with van der Waals surface area (Å²) >= 11 is 0. The topological polar surface area (TPSA) is 53.1 Å². The Morgan fingerprint density at radius 1 is 1.62 bits per heavy atom. The van der Waals surface area contributed by atoms with E-state index in [9.17, 15) is 13.6 Å². The van der Waals surface area contributed by atoms with Crippen molar-refractivity contribution < 1.29 is 13.9 Å². The van der Waals surface area contributed by atoms with Crippen molar-refractivity contribution in [2.45, 2.75) is 20.0 Å². The number of alkyl halides is 2. The average molecular weight is 189 g/mol. The Hall–Kier alpha value is -1.23. The molecular weight excluding hydrogens is 180 g/mol. The first-order chi connectivity index (χ1) is 6.06. The number of aromatic nitrogens is 1. The predicted octanol–water partition coefficient (Wildman–Crippen LogP) is 1.11. The minimum atomic E-state index is -2.86. The summed E-state index contributed by atoms with van der Waals surface area (Å²) in [6, 6.07) is 1.34. The summed E-state index contributed by atoms with van der Waals surface area (Å²) in [6.45, 7) is 1.01. The molecule has 1 heterocycles. The second-order valence-corrected chi connectivity index (χ2v) is 2.68. The largest absolute Gasteiger partial charge is 0.392 e. The van der Waals surface area contributed by atoms with Crippen molar-refractivity contribution in [1.29, 1.82) is 0 Å². The predicted molar refractivity (Wildman–Crippen MR) is 42.7 cm³/mol. The van der Waals surface area contributed by atoms with Gasteiger partial charge in [-0.1, -0.05) is 0 Å². The van der Waals surface area contributed by atoms with Crippen LogP contribution in [0.15, 0.2) is 10.9 Å². The van der Waals surface area contributed by atoms with Crippen LogP contribution in [0, 0.1) is 6.92 Å². The fourth-order valence-corrected chi connectivity index (χ4v) is 1.14. The van der Waals surface area contributed by atoms with Gasteiger partial charge in [-0.05, 0) is 18.6 Å². The summed E-state index contributed by atoms with van der Waals surface area (Å²) in [5, 5.41) is 8.73. The van der Waals surface area contributed by atoms with E-state index in [0.29, 0.717) is 5.69 Å². The number of aromatic amines is 1. The van der Waals surface area contributed by atoms with Gasteiger partial charge in [0, 0.05) is 5.69 Å². The van der Waals surface area contributed by atoms with Gasteiger partial charge in [-0.3, -0.25) is 4.79 Å². The Balaban J connectivity index is 3.39. The molecule has 0 bridgehead atoms. The van der Waals surface area contributed by atoms with Crippen molar-refractivity contribution >= 4 is 0 Å². The number of aliphatic hydroxyl groups excluding tert-OH is 1. The minimum absolute atomic E-state index is 0.0174. The van der Waals surface area contributed by atoms with Gasteiger partial charge in [0.15, 0.2) is 0 Å². The first-order valence-corrected chi connectivity index (χ1v) is 3.68. The second-order valence-electron chi connectivity index (χ2n) is 2.68. The molecule has 0 aliphatic rings. The second kappa shape index (κ2) is 3.66. The molecule has 0 aliphatic heterocycles. The molecule has 0 aromatic carbocycles. The van der Waals surface area contributed by atoms with Crippen molar-refractivity contribution in [2.75, 3.05) is 0 Å². The lowest BCUT2D eigenvalue weighted by molar-refractivity contribution is 0.145. The summed E-state index contributed by atoms with van der Waals surface area (Å²) in [5.41, 5.74) is -1.04. The SMILES string of the molecule is Cc1cc(CO)c(C(F)F)c(=O)[nH]1. The molecule has 2 N–H and O–H groups in total. The number of aryl methyl sites for hydroxylation is 1. The first kappa shape index (κ1) is 9.85. The highest BCUT2D eigenvalue weighted by Gasteiger charge is 2.17. The molecule has 0 saturated carbocycles. The minimum Gasteiger partial charge on any atom is -0.392 e. The van der Waals surface area contributed by atoms with E-state index < -0.39 is 24.2 Å². The number of halogens is 2. The van der Waals surface area contributed by atoms with E-state index in [4.69, 9.17) is 5.11 Å². The third-order valence-electron chi connectivity index (χ3n) is 1.68. The van der Waals surface area contributed by atoms with Crippen molar-refractivity contribution in [3.05, 3.63) is 33.2 Å². The maximum atomic E-state index is 12.3. The van der Waals surface area contributed by atoms with E-state index in [1.165, 1.54) is 6.07 Å². The average Bonchev–Trinajstić information content (AvgIpc) is 2.01. The molecule has 13 heavy (non-hydrogen) atoms. The van der Waals surface area contributed by atoms with Gasteiger partial charge in [0.05, 0.1) is 12.2 Å². The molecule has 0 unspecified atom stereocenters. The number of hydrogen-bond acceptors (Lipinski definition) is 2. The van der Waals surface area contributed by atoms with Crippen LogP contribution in [-0.4, -0.2) is 10.1 Å². The highest BCUT2D eigenvalue weighted by molar-refractivity contribution is 5.26. The van der Waals surface area contributed by atoms with Crippen LogP contribution in [0.2, 0.25) is 0 Å². The molecule has 0 radical (unpaired) electrons. The molecule has 0 spiro atoms. The van der Waals surface area contributed by atoms with Crippen molar-refractivity contribution in [2.24, 2.45) is 0 Å². The van der Waals surface area contributed by atoms with Crippen LogP contribution in [0.3, 0.4) is 0 Å². The zero-order valence-electron chi connectivity index (χ0n) is 6.97. The monoisotopic (exact) mass is 189 g/mol. The molecule has 0 amide bonds. The third kappa shape index (κ3) is 1.92. The number of nitrogens with one attached hydrogen (secondary N) is 1. The summed E-state index contributed by atoms with van der Waals surface area (Å²) < 4.78 is 24.6. The normalized spacial score (nSPS) is 10.8. The van der Waals surface area contributed by atoms with Gasteiger partial charge in [-0.2, -0.15) is 0 Å². The van der Waals surface area contributed by atoms with E-state index in [1.807, 2.05) is 0 Å². The fraction of sp³-hybridized carbons (Fsp3) is 0.375. The maximum absolute atomic E-state index is 12.3. The van der Waals surface area contributed by atoms with Gasteiger partial charge in [0.2, 0.25) is 0 Å². The molecule has 0 saturated heterocycles. The highest BCUT2D eigenvalue weighted by Crippen LogP contribution is 2.19. The fourth-order valence-electron chi connectivity index (χ4n) is 1.14. The van der Waals surface area contributed by atoms with Gasteiger partial charge in [0.25, 0.3) is 12.0 Å². The van der Waals surface area contributed by atoms with Crippen LogP contribution in [-0.2, 0) is 6.61 Å². The van der Waals surface area contributed by atoms with Gasteiger partial charge < -0.3 is 10.1 Å². The Morgan fingerprint density at radius 2 is 2.23 bits per heavy atom. The van der Waals surface area contributed by atoms with Crippen LogP contribution in [0.4, 0.5) is 8.78 Å². The van der Waals surface area contributed by atoms with Gasteiger partial charge in [-0.25, -0.2) is 8.78 Å². The zero-order chi connectivity index (χ0) is 10.0. The summed E-state index contributed by atoms with van der Waals surface area (Å²) in [7, 11) is 0. The molecule has 1 aromatic heterocycles. The maximum Gasteiger partial charge on any atom is 0.269 e.